The number of nitrogens with zero attached hydrogens (tertiary/aromatic N) is 2. The first-order valence-corrected chi connectivity index (χ1v) is 7.32. The third-order valence-corrected chi connectivity index (χ3v) is 4.31. The number of hydrogen-bond acceptors (Lipinski definition) is 3. The van der Waals surface area contributed by atoms with Gasteiger partial charge in [-0.15, -0.1) is 0 Å². The van der Waals surface area contributed by atoms with Crippen LogP contribution in [-0.4, -0.2) is 53.5 Å². The quantitative estimate of drug-likeness (QED) is 0.921. The van der Waals surface area contributed by atoms with E-state index in [1.807, 2.05) is 18.9 Å². The van der Waals surface area contributed by atoms with Crippen LogP contribution in [0.2, 0.25) is 0 Å². The van der Waals surface area contributed by atoms with Gasteiger partial charge in [0.2, 0.25) is 0 Å². The molecule has 0 aromatic heterocycles. The lowest BCUT2D eigenvalue weighted by atomic mass is 10.0. The van der Waals surface area contributed by atoms with E-state index in [0.29, 0.717) is 11.6 Å². The Morgan fingerprint density at radius 3 is 2.60 bits per heavy atom. The molecular formula is C16H24N2O2. The van der Waals surface area contributed by atoms with Gasteiger partial charge in [-0.3, -0.25) is 4.79 Å². The standard InChI is InChI=1S/C16H24N2O2/c1-4-18-9-7-13(8-10-18)17(3)16(20)15-6-5-14(19)11-12(15)2/h5-6,11,13,19H,4,7-10H2,1-3H3. The van der Waals surface area contributed by atoms with Crippen molar-refractivity contribution in [3.05, 3.63) is 29.3 Å². The van der Waals surface area contributed by atoms with Crippen molar-refractivity contribution >= 4 is 5.91 Å². The number of phenolic OH excluding ortho intramolecular Hbond substituents is 1. The predicted octanol–water partition coefficient (Wildman–Crippen LogP) is 2.26. The van der Waals surface area contributed by atoms with E-state index in [2.05, 4.69) is 11.8 Å². The normalized spacial score (nSPS) is 17.1. The summed E-state index contributed by atoms with van der Waals surface area (Å²) in [6.07, 6.45) is 2.07. The van der Waals surface area contributed by atoms with Gasteiger partial charge in [-0.1, -0.05) is 6.92 Å². The highest BCUT2D eigenvalue weighted by molar-refractivity contribution is 5.95. The molecule has 1 N–H and O–H groups in total. The molecule has 1 fully saturated rings. The monoisotopic (exact) mass is 276 g/mol. The molecule has 1 heterocycles. The Balaban J connectivity index is 2.05. The maximum atomic E-state index is 12.6. The Morgan fingerprint density at radius 1 is 1.40 bits per heavy atom. The summed E-state index contributed by atoms with van der Waals surface area (Å²) in [5.74, 6) is 0.260. The molecule has 1 aliphatic heterocycles. The lowest BCUT2D eigenvalue weighted by Crippen LogP contribution is -2.45. The summed E-state index contributed by atoms with van der Waals surface area (Å²) in [4.78, 5) is 16.8. The van der Waals surface area contributed by atoms with Gasteiger partial charge < -0.3 is 14.9 Å². The van der Waals surface area contributed by atoms with Crippen LogP contribution in [0.5, 0.6) is 5.75 Å². The molecule has 2 rings (SSSR count). The summed E-state index contributed by atoms with van der Waals surface area (Å²) in [6.45, 7) is 7.25. The second kappa shape index (κ2) is 6.27. The number of hydrogen-bond donors (Lipinski definition) is 1. The molecule has 0 radical (unpaired) electrons. The molecule has 1 aromatic rings. The SMILES string of the molecule is CCN1CCC(N(C)C(=O)c2ccc(O)cc2C)CC1. The van der Waals surface area contributed by atoms with E-state index >= 15 is 0 Å². The van der Waals surface area contributed by atoms with Crippen molar-refractivity contribution in [1.82, 2.24) is 9.80 Å². The number of likely N-dealkylation sites (tertiary alicyclic amines) is 1. The van der Waals surface area contributed by atoms with E-state index in [9.17, 15) is 9.90 Å². The van der Waals surface area contributed by atoms with Gasteiger partial charge >= 0.3 is 0 Å². The largest absolute Gasteiger partial charge is 0.508 e. The summed E-state index contributed by atoms with van der Waals surface area (Å²) in [6, 6.07) is 5.25. The van der Waals surface area contributed by atoms with Crippen molar-refractivity contribution in [2.75, 3.05) is 26.7 Å². The number of amides is 1. The number of benzene rings is 1. The molecule has 1 saturated heterocycles. The van der Waals surface area contributed by atoms with Crippen LogP contribution >= 0.6 is 0 Å². The fourth-order valence-electron chi connectivity index (χ4n) is 2.87. The highest BCUT2D eigenvalue weighted by Gasteiger charge is 2.26. The maximum Gasteiger partial charge on any atom is 0.254 e. The van der Waals surface area contributed by atoms with Crippen LogP contribution in [0, 0.1) is 6.92 Å². The number of carbonyl (C=O) groups excluding carboxylic acids is 1. The molecule has 0 spiro atoms. The zero-order chi connectivity index (χ0) is 14.7. The average molecular weight is 276 g/mol. The van der Waals surface area contributed by atoms with Gasteiger partial charge in [0.1, 0.15) is 5.75 Å². The molecule has 0 saturated carbocycles. The number of aryl methyl sites for hydroxylation is 1. The molecule has 1 amide bonds. The smallest absolute Gasteiger partial charge is 0.254 e. The van der Waals surface area contributed by atoms with E-state index in [-0.39, 0.29) is 11.7 Å². The van der Waals surface area contributed by atoms with Crippen LogP contribution in [0.3, 0.4) is 0 Å². The number of piperidine rings is 1. The third-order valence-electron chi connectivity index (χ3n) is 4.31. The van der Waals surface area contributed by atoms with Gasteiger partial charge in [-0.2, -0.15) is 0 Å². The lowest BCUT2D eigenvalue weighted by molar-refractivity contribution is 0.0646. The zero-order valence-corrected chi connectivity index (χ0v) is 12.6. The summed E-state index contributed by atoms with van der Waals surface area (Å²) >= 11 is 0. The van der Waals surface area contributed by atoms with Gasteiger partial charge in [0, 0.05) is 31.7 Å². The van der Waals surface area contributed by atoms with Gasteiger partial charge in [0.05, 0.1) is 0 Å². The first kappa shape index (κ1) is 14.9. The average Bonchev–Trinajstić information content (AvgIpc) is 2.46. The first-order chi connectivity index (χ1) is 9.52. The van der Waals surface area contributed by atoms with E-state index in [4.69, 9.17) is 0 Å². The van der Waals surface area contributed by atoms with Crippen molar-refractivity contribution in [2.24, 2.45) is 0 Å². The number of rotatable bonds is 3. The Labute approximate surface area is 121 Å². The Kier molecular flexibility index (Phi) is 4.65. The van der Waals surface area contributed by atoms with Crippen molar-refractivity contribution in [3.63, 3.8) is 0 Å². The predicted molar refractivity (Wildman–Crippen MR) is 80.1 cm³/mol. The van der Waals surface area contributed by atoms with Gasteiger partial charge in [0.15, 0.2) is 0 Å². The van der Waals surface area contributed by atoms with Gasteiger partial charge in [0.25, 0.3) is 5.91 Å². The number of aromatic hydroxyl groups is 1. The van der Waals surface area contributed by atoms with Gasteiger partial charge in [-0.05, 0) is 50.1 Å². The van der Waals surface area contributed by atoms with E-state index in [1.165, 1.54) is 0 Å². The molecule has 0 atom stereocenters. The fraction of sp³-hybridized carbons (Fsp3) is 0.562. The van der Waals surface area contributed by atoms with Crippen LogP contribution < -0.4 is 0 Å². The second-order valence-electron chi connectivity index (χ2n) is 5.58. The van der Waals surface area contributed by atoms with E-state index in [1.54, 1.807) is 18.2 Å². The fourth-order valence-corrected chi connectivity index (χ4v) is 2.87. The molecule has 1 aromatic carbocycles. The van der Waals surface area contributed by atoms with Crippen LogP contribution in [0.1, 0.15) is 35.7 Å². The van der Waals surface area contributed by atoms with E-state index < -0.39 is 0 Å². The zero-order valence-electron chi connectivity index (χ0n) is 12.6. The third kappa shape index (κ3) is 3.12. The Morgan fingerprint density at radius 2 is 2.05 bits per heavy atom. The minimum Gasteiger partial charge on any atom is -0.508 e. The molecule has 110 valence electrons. The number of carbonyl (C=O) groups is 1. The Hall–Kier alpha value is -1.55. The van der Waals surface area contributed by atoms with Crippen LogP contribution in [-0.2, 0) is 0 Å². The molecule has 4 heteroatoms. The van der Waals surface area contributed by atoms with Crippen LogP contribution in [0.4, 0.5) is 0 Å². The molecular weight excluding hydrogens is 252 g/mol. The number of phenols is 1. The van der Waals surface area contributed by atoms with Crippen molar-refractivity contribution < 1.29 is 9.90 Å². The highest BCUT2D eigenvalue weighted by atomic mass is 16.3. The van der Waals surface area contributed by atoms with Crippen molar-refractivity contribution in [1.29, 1.82) is 0 Å². The summed E-state index contributed by atoms with van der Waals surface area (Å²) in [7, 11) is 1.89. The minimum absolute atomic E-state index is 0.0532. The Bertz CT molecular complexity index is 479. The van der Waals surface area contributed by atoms with E-state index in [0.717, 1.165) is 38.0 Å². The minimum atomic E-state index is 0.0532. The molecule has 0 bridgehead atoms. The molecule has 1 aliphatic rings. The van der Waals surface area contributed by atoms with Crippen LogP contribution in [0.25, 0.3) is 0 Å². The van der Waals surface area contributed by atoms with Crippen molar-refractivity contribution in [2.45, 2.75) is 32.7 Å². The molecule has 0 unspecified atom stereocenters. The summed E-state index contributed by atoms with van der Waals surface area (Å²) in [5, 5.41) is 9.43. The molecule has 20 heavy (non-hydrogen) atoms. The maximum absolute atomic E-state index is 12.6. The van der Waals surface area contributed by atoms with Gasteiger partial charge in [-0.25, -0.2) is 0 Å². The second-order valence-corrected chi connectivity index (χ2v) is 5.58. The van der Waals surface area contributed by atoms with Crippen molar-refractivity contribution in [3.8, 4) is 5.75 Å². The lowest BCUT2D eigenvalue weighted by Gasteiger charge is -2.36. The highest BCUT2D eigenvalue weighted by Crippen LogP contribution is 2.21. The first-order valence-electron chi connectivity index (χ1n) is 7.32. The summed E-state index contributed by atoms with van der Waals surface area (Å²) < 4.78 is 0. The van der Waals surface area contributed by atoms with Crippen LogP contribution in [0.15, 0.2) is 18.2 Å². The topological polar surface area (TPSA) is 43.8 Å². The molecule has 4 nitrogen and oxygen atoms in total. The summed E-state index contributed by atoms with van der Waals surface area (Å²) in [5.41, 5.74) is 1.51. The molecule has 0 aliphatic carbocycles.